The summed E-state index contributed by atoms with van der Waals surface area (Å²) in [7, 11) is -4.32. The molecule has 1 aliphatic rings. The standard InChI is InChI=1S/C19H19F4N3O6S/c20-12-1-3-15(19(21,22)23)11(7-12)10-32-14-2-4-17(24-9-14)33(30,31)26-6-5-13(27)8-16(26)18(28)25-29/h1-4,7,9,13,16,27,29H,5-6,8,10H2,(H,25,28). The predicted octanol–water partition coefficient (Wildman–Crippen LogP) is 1.84. The van der Waals surface area contributed by atoms with Crippen LogP contribution in [-0.4, -0.2) is 52.6 Å². The van der Waals surface area contributed by atoms with Crippen LogP contribution in [0.4, 0.5) is 17.6 Å². The summed E-state index contributed by atoms with van der Waals surface area (Å²) in [5.74, 6) is -1.98. The number of hydrogen-bond donors (Lipinski definition) is 3. The maximum Gasteiger partial charge on any atom is 0.416 e. The van der Waals surface area contributed by atoms with Crippen molar-refractivity contribution in [3.63, 3.8) is 0 Å². The summed E-state index contributed by atoms with van der Waals surface area (Å²) in [6.45, 7) is -0.857. The number of benzene rings is 1. The topological polar surface area (TPSA) is 129 Å². The highest BCUT2D eigenvalue weighted by Gasteiger charge is 2.41. The van der Waals surface area contributed by atoms with Crippen LogP contribution in [0.2, 0.25) is 0 Å². The van der Waals surface area contributed by atoms with Crippen molar-refractivity contribution in [2.75, 3.05) is 6.54 Å². The first kappa shape index (κ1) is 24.8. The van der Waals surface area contributed by atoms with Crippen molar-refractivity contribution in [1.29, 1.82) is 0 Å². The van der Waals surface area contributed by atoms with Crippen molar-refractivity contribution in [2.45, 2.75) is 42.8 Å². The maximum absolute atomic E-state index is 13.4. The summed E-state index contributed by atoms with van der Waals surface area (Å²) in [4.78, 5) is 15.6. The Morgan fingerprint density at radius 1 is 1.27 bits per heavy atom. The molecule has 1 aromatic carbocycles. The van der Waals surface area contributed by atoms with Gasteiger partial charge in [0.15, 0.2) is 5.03 Å². The molecule has 2 aromatic rings. The Balaban J connectivity index is 1.78. The fraction of sp³-hybridized carbons (Fsp3) is 0.368. The third kappa shape index (κ3) is 5.58. The molecule has 1 amide bonds. The Morgan fingerprint density at radius 2 is 2.00 bits per heavy atom. The molecule has 180 valence electrons. The molecule has 2 unspecified atom stereocenters. The molecule has 33 heavy (non-hydrogen) atoms. The Labute approximate surface area is 185 Å². The number of piperidine rings is 1. The van der Waals surface area contributed by atoms with E-state index in [1.165, 1.54) is 5.48 Å². The average molecular weight is 493 g/mol. The number of nitrogens with one attached hydrogen (secondary N) is 1. The number of hydroxylamine groups is 1. The summed E-state index contributed by atoms with van der Waals surface area (Å²) in [6, 6.07) is 2.77. The molecule has 3 N–H and O–H groups in total. The van der Waals surface area contributed by atoms with Crippen molar-refractivity contribution in [1.82, 2.24) is 14.8 Å². The number of carbonyl (C=O) groups excluding carboxylic acids is 1. The third-order valence-corrected chi connectivity index (χ3v) is 6.81. The minimum Gasteiger partial charge on any atom is -0.487 e. The first-order chi connectivity index (χ1) is 15.4. The van der Waals surface area contributed by atoms with Crippen LogP contribution in [0, 0.1) is 5.82 Å². The van der Waals surface area contributed by atoms with E-state index in [2.05, 4.69) is 4.98 Å². The summed E-state index contributed by atoms with van der Waals surface area (Å²) in [5.41, 5.74) is -0.161. The van der Waals surface area contributed by atoms with E-state index in [-0.39, 0.29) is 25.1 Å². The fourth-order valence-corrected chi connectivity index (χ4v) is 4.90. The number of nitrogens with zero attached hydrogens (tertiary/aromatic N) is 2. The number of hydrogen-bond acceptors (Lipinski definition) is 7. The Kier molecular flexibility index (Phi) is 7.21. The Hall–Kier alpha value is -2.81. The second-order valence-electron chi connectivity index (χ2n) is 7.21. The van der Waals surface area contributed by atoms with Gasteiger partial charge in [0.2, 0.25) is 0 Å². The molecule has 0 aliphatic carbocycles. The van der Waals surface area contributed by atoms with Gasteiger partial charge in [-0.2, -0.15) is 17.5 Å². The van der Waals surface area contributed by atoms with Crippen LogP contribution in [-0.2, 0) is 27.6 Å². The molecule has 9 nitrogen and oxygen atoms in total. The van der Waals surface area contributed by atoms with Gasteiger partial charge in [0.25, 0.3) is 15.9 Å². The number of aliphatic hydroxyl groups is 1. The first-order valence-electron chi connectivity index (χ1n) is 9.52. The van der Waals surface area contributed by atoms with Crippen molar-refractivity contribution >= 4 is 15.9 Å². The molecule has 0 radical (unpaired) electrons. The molecular weight excluding hydrogens is 474 g/mol. The number of amides is 1. The lowest BCUT2D eigenvalue weighted by atomic mass is 10.0. The fourth-order valence-electron chi connectivity index (χ4n) is 3.37. The number of aromatic nitrogens is 1. The van der Waals surface area contributed by atoms with E-state index in [1.807, 2.05) is 0 Å². The first-order valence-corrected chi connectivity index (χ1v) is 11.0. The van der Waals surface area contributed by atoms with Crippen LogP contribution in [0.25, 0.3) is 0 Å². The smallest absolute Gasteiger partial charge is 0.416 e. The van der Waals surface area contributed by atoms with Crippen molar-refractivity contribution in [3.05, 3.63) is 53.5 Å². The molecule has 1 aliphatic heterocycles. The summed E-state index contributed by atoms with van der Waals surface area (Å²) in [6.07, 6.45) is -4.87. The molecule has 1 fully saturated rings. The second-order valence-corrected chi connectivity index (χ2v) is 9.04. The SMILES string of the molecule is O=C(NO)C1CC(O)CCN1S(=O)(=O)c1ccc(OCc2cc(F)ccc2C(F)(F)F)cn1. The maximum atomic E-state index is 13.4. The molecule has 0 spiro atoms. The van der Waals surface area contributed by atoms with Crippen LogP contribution in [0.15, 0.2) is 41.6 Å². The molecule has 3 rings (SSSR count). The van der Waals surface area contributed by atoms with Gasteiger partial charge in [-0.1, -0.05) is 0 Å². The van der Waals surface area contributed by atoms with Gasteiger partial charge >= 0.3 is 6.18 Å². The molecule has 0 saturated carbocycles. The lowest BCUT2D eigenvalue weighted by Gasteiger charge is -2.34. The Bertz CT molecular complexity index is 1110. The van der Waals surface area contributed by atoms with Crippen LogP contribution in [0.1, 0.15) is 24.0 Å². The highest BCUT2D eigenvalue weighted by molar-refractivity contribution is 7.89. The lowest BCUT2D eigenvalue weighted by Crippen LogP contribution is -2.54. The highest BCUT2D eigenvalue weighted by atomic mass is 32.2. The van der Waals surface area contributed by atoms with E-state index in [4.69, 9.17) is 9.94 Å². The minimum absolute atomic E-state index is 0.0603. The number of carbonyl (C=O) groups is 1. The van der Waals surface area contributed by atoms with Crippen LogP contribution < -0.4 is 10.2 Å². The number of rotatable bonds is 6. The van der Waals surface area contributed by atoms with Crippen molar-refractivity contribution in [2.24, 2.45) is 0 Å². The summed E-state index contributed by atoms with van der Waals surface area (Å²) < 4.78 is 84.5. The average Bonchev–Trinajstić information content (AvgIpc) is 2.76. The van der Waals surface area contributed by atoms with Crippen LogP contribution in [0.3, 0.4) is 0 Å². The minimum atomic E-state index is -4.72. The van der Waals surface area contributed by atoms with E-state index in [0.717, 1.165) is 22.6 Å². The van der Waals surface area contributed by atoms with E-state index < -0.39 is 62.8 Å². The largest absolute Gasteiger partial charge is 0.487 e. The third-order valence-electron chi connectivity index (χ3n) is 4.99. The number of halogens is 4. The zero-order valence-electron chi connectivity index (χ0n) is 16.8. The molecule has 14 heteroatoms. The van der Waals surface area contributed by atoms with Crippen molar-refractivity contribution in [3.8, 4) is 5.75 Å². The zero-order chi connectivity index (χ0) is 24.4. The quantitative estimate of drug-likeness (QED) is 0.318. The Morgan fingerprint density at radius 3 is 2.61 bits per heavy atom. The number of pyridine rings is 1. The molecule has 2 atom stereocenters. The summed E-state index contributed by atoms with van der Waals surface area (Å²) >= 11 is 0. The highest BCUT2D eigenvalue weighted by Crippen LogP contribution is 2.33. The van der Waals surface area contributed by atoms with Gasteiger partial charge in [-0.3, -0.25) is 10.0 Å². The number of ether oxygens (including phenoxy) is 1. The normalized spacial score (nSPS) is 19.8. The number of aliphatic hydroxyl groups excluding tert-OH is 1. The van der Waals surface area contributed by atoms with Crippen LogP contribution in [0.5, 0.6) is 5.75 Å². The van der Waals surface area contributed by atoms with Gasteiger partial charge in [0, 0.05) is 12.1 Å². The molecule has 1 saturated heterocycles. The second kappa shape index (κ2) is 9.59. The summed E-state index contributed by atoms with van der Waals surface area (Å²) in [5, 5.41) is 18.1. The molecule has 1 aromatic heterocycles. The van der Waals surface area contributed by atoms with Crippen molar-refractivity contribution < 1.29 is 45.8 Å². The predicted molar refractivity (Wildman–Crippen MR) is 103 cm³/mol. The lowest BCUT2D eigenvalue weighted by molar-refractivity contribution is -0.138. The molecule has 2 heterocycles. The van der Waals surface area contributed by atoms with Crippen LogP contribution >= 0.6 is 0 Å². The zero-order valence-corrected chi connectivity index (χ0v) is 17.6. The number of sulfonamides is 1. The van der Waals surface area contributed by atoms with Gasteiger partial charge in [-0.05, 0) is 43.2 Å². The van der Waals surface area contributed by atoms with Gasteiger partial charge in [-0.15, -0.1) is 0 Å². The monoisotopic (exact) mass is 493 g/mol. The van der Waals surface area contributed by atoms with Gasteiger partial charge in [0.05, 0.1) is 17.9 Å². The molecular formula is C19H19F4N3O6S. The van der Waals surface area contributed by atoms with E-state index in [0.29, 0.717) is 18.2 Å². The number of alkyl halides is 3. The van der Waals surface area contributed by atoms with E-state index in [1.54, 1.807) is 0 Å². The molecule has 0 bridgehead atoms. The van der Waals surface area contributed by atoms with Gasteiger partial charge in [-0.25, -0.2) is 23.3 Å². The van der Waals surface area contributed by atoms with E-state index >= 15 is 0 Å². The van der Waals surface area contributed by atoms with E-state index in [9.17, 15) is 35.9 Å². The van der Waals surface area contributed by atoms with Gasteiger partial charge < -0.3 is 9.84 Å². The van der Waals surface area contributed by atoms with Gasteiger partial charge in [0.1, 0.15) is 24.2 Å².